The van der Waals surface area contributed by atoms with Crippen LogP contribution in [0.5, 0.6) is 0 Å². The molecule has 63 heavy (non-hydrogen) atoms. The molecule has 0 aromatic heterocycles. The molecule has 342 valence electrons. The first-order valence-corrected chi connectivity index (χ1v) is 25.1. The second kappa shape index (κ2) is 15.6. The molecule has 11 atom stereocenters. The average molecular weight is 861 g/mol. The molecular formula is C55H76N2O6. The largest absolute Gasteiger partial charge is 0.392 e. The van der Waals surface area contributed by atoms with Crippen molar-refractivity contribution in [2.75, 3.05) is 19.8 Å². The van der Waals surface area contributed by atoms with E-state index in [-0.39, 0.29) is 58.0 Å². The molecule has 9 aliphatic rings. The number of benzene rings is 1. The summed E-state index contributed by atoms with van der Waals surface area (Å²) in [5, 5.41) is 25.0. The Balaban J connectivity index is 1.03. The highest BCUT2D eigenvalue weighted by Gasteiger charge is 2.72. The molecule has 1 aromatic rings. The fraction of sp³-hybridized carbons (Fsp3) is 0.727. The Hall–Kier alpha value is -2.91. The summed E-state index contributed by atoms with van der Waals surface area (Å²) in [5.41, 5.74) is 6.71. The van der Waals surface area contributed by atoms with Crippen molar-refractivity contribution in [2.45, 2.75) is 187 Å². The van der Waals surface area contributed by atoms with Crippen molar-refractivity contribution in [2.24, 2.45) is 50.3 Å². The molecule has 10 rings (SSSR count). The van der Waals surface area contributed by atoms with Crippen molar-refractivity contribution in [1.29, 1.82) is 0 Å². The molecule has 8 heteroatoms. The van der Waals surface area contributed by atoms with Crippen molar-refractivity contribution in [1.82, 2.24) is 4.90 Å². The molecule has 4 saturated carbocycles. The molecule has 0 radical (unpaired) electrons. The Morgan fingerprint density at radius 3 is 2.27 bits per heavy atom. The Labute approximate surface area is 377 Å². The first-order valence-electron chi connectivity index (χ1n) is 25.1. The van der Waals surface area contributed by atoms with Crippen molar-refractivity contribution in [3.63, 3.8) is 0 Å². The van der Waals surface area contributed by atoms with Gasteiger partial charge in [0.05, 0.1) is 29.6 Å². The van der Waals surface area contributed by atoms with Crippen LogP contribution < -0.4 is 0 Å². The number of fused-ring (bicyclic) bond motifs is 6. The first kappa shape index (κ1) is 44.0. The molecule has 1 unspecified atom stereocenters. The fourth-order valence-electron chi connectivity index (χ4n) is 16.1. The number of aliphatic imine (C=N–C) groups is 1. The molecule has 0 bridgehead atoms. The van der Waals surface area contributed by atoms with Crippen molar-refractivity contribution >= 4 is 17.3 Å². The number of epoxide rings is 1. The Morgan fingerprint density at radius 1 is 0.905 bits per heavy atom. The minimum absolute atomic E-state index is 0.0289. The summed E-state index contributed by atoms with van der Waals surface area (Å²) in [6.07, 6.45) is 18.3. The highest BCUT2D eigenvalue weighted by atomic mass is 16.6. The normalized spacial score (nSPS) is 39.4. The minimum atomic E-state index is -0.712. The van der Waals surface area contributed by atoms with Gasteiger partial charge in [0.1, 0.15) is 11.9 Å². The van der Waals surface area contributed by atoms with Gasteiger partial charge < -0.3 is 24.6 Å². The summed E-state index contributed by atoms with van der Waals surface area (Å²) >= 11 is 0. The third kappa shape index (κ3) is 6.98. The molecule has 0 spiro atoms. The van der Waals surface area contributed by atoms with Gasteiger partial charge in [-0.3, -0.25) is 14.6 Å². The van der Waals surface area contributed by atoms with Crippen molar-refractivity contribution in [3.05, 3.63) is 70.1 Å². The molecular weight excluding hydrogens is 785 g/mol. The van der Waals surface area contributed by atoms with Crippen LogP contribution in [0.1, 0.15) is 167 Å². The van der Waals surface area contributed by atoms with Gasteiger partial charge in [0.15, 0.2) is 5.78 Å². The number of carbonyl (C=O) groups is 2. The fourth-order valence-corrected chi connectivity index (χ4v) is 16.1. The molecule has 6 fully saturated rings. The van der Waals surface area contributed by atoms with Crippen molar-refractivity contribution < 1.29 is 29.3 Å². The van der Waals surface area contributed by atoms with Crippen LogP contribution >= 0.6 is 0 Å². The van der Waals surface area contributed by atoms with Crippen molar-refractivity contribution in [3.8, 4) is 0 Å². The third-order valence-electron chi connectivity index (χ3n) is 19.6. The predicted molar refractivity (Wildman–Crippen MR) is 247 cm³/mol. The molecule has 2 N–H and O–H groups in total. The van der Waals surface area contributed by atoms with Crippen LogP contribution in [0.3, 0.4) is 0 Å². The summed E-state index contributed by atoms with van der Waals surface area (Å²) in [6, 6.07) is 7.48. The van der Waals surface area contributed by atoms with E-state index in [2.05, 4.69) is 76.9 Å². The lowest BCUT2D eigenvalue weighted by Gasteiger charge is -2.70. The Morgan fingerprint density at radius 2 is 1.59 bits per heavy atom. The lowest BCUT2D eigenvalue weighted by Crippen LogP contribution is -2.68. The molecule has 0 amide bonds. The van der Waals surface area contributed by atoms with Crippen LogP contribution in [0.15, 0.2) is 58.4 Å². The number of hydrogen-bond donors (Lipinski definition) is 2. The molecule has 2 saturated heterocycles. The van der Waals surface area contributed by atoms with Gasteiger partial charge in [-0.1, -0.05) is 79.0 Å². The van der Waals surface area contributed by atoms with E-state index in [1.165, 1.54) is 54.4 Å². The van der Waals surface area contributed by atoms with Gasteiger partial charge in [-0.15, -0.1) is 0 Å². The SMILES string of the molecule is C[C@H](C[C@@H](O)[C@@H]1OC1(C)C)C1=C2[C@H](CN3C=C(Cc4cc(C5CCCCC5)cc(C5CCOCC5)c4)C4=NC=CC43)[C@@H](O)[C@H]3[C@@]4(C)CCC(=O)C(C)(C)[C@@H]4CC[C@]3(C)[C@@]2(C)CC1=O. The number of rotatable bonds is 10. The number of ketones is 2. The highest BCUT2D eigenvalue weighted by Crippen LogP contribution is 2.75. The van der Waals surface area contributed by atoms with E-state index in [0.29, 0.717) is 43.4 Å². The molecule has 1 aromatic carbocycles. The molecule has 4 aliphatic heterocycles. The standard InChI is InChI=1S/C55H76N2O6/c1-32(24-41(58)50-52(4,5)63-50)45-42(59)29-55(8)46(45)39(48(61)49-53(6)19-15-44(60)51(2,3)43(53)14-20-54(49,55)7)31-57-30-38(47-40(57)16-21-56-47)27-33-25-36(34-12-10-9-11-13-34)28-37(26-33)35-17-22-62-23-18-35/h16,21,25-26,28,30,32,34-35,39-41,43,48-50,58,61H,9-15,17-20,22-24,27,29,31H2,1-8H3/t32-,39+,40?,41-,43+,48-,49+,50+,53+,54+,55+/m1/s1. The zero-order valence-electron chi connectivity index (χ0n) is 39.7. The zero-order valence-corrected chi connectivity index (χ0v) is 39.7. The summed E-state index contributed by atoms with van der Waals surface area (Å²) in [6.45, 7) is 19.8. The van der Waals surface area contributed by atoms with Gasteiger partial charge in [-0.25, -0.2) is 0 Å². The van der Waals surface area contributed by atoms with E-state index in [1.807, 2.05) is 20.0 Å². The molecule has 8 nitrogen and oxygen atoms in total. The van der Waals surface area contributed by atoms with Crippen LogP contribution in [0, 0.1) is 45.3 Å². The minimum Gasteiger partial charge on any atom is -0.392 e. The van der Waals surface area contributed by atoms with Gasteiger partial charge in [-0.2, -0.15) is 0 Å². The quantitative estimate of drug-likeness (QED) is 0.225. The summed E-state index contributed by atoms with van der Waals surface area (Å²) in [4.78, 5) is 35.9. The highest BCUT2D eigenvalue weighted by molar-refractivity contribution is 6.09. The molecule has 4 heterocycles. The van der Waals surface area contributed by atoms with E-state index < -0.39 is 23.0 Å². The number of carbonyl (C=O) groups excluding carboxylic acids is 2. The maximum atomic E-state index is 14.9. The van der Waals surface area contributed by atoms with Gasteiger partial charge >= 0.3 is 0 Å². The number of ether oxygens (including phenoxy) is 2. The van der Waals surface area contributed by atoms with Crippen LogP contribution in [0.25, 0.3) is 0 Å². The number of aliphatic hydroxyl groups excluding tert-OH is 2. The molecule has 5 aliphatic carbocycles. The monoisotopic (exact) mass is 861 g/mol. The summed E-state index contributed by atoms with van der Waals surface area (Å²) in [7, 11) is 0. The number of allylic oxidation sites excluding steroid dienone is 1. The van der Waals surface area contributed by atoms with E-state index in [4.69, 9.17) is 14.5 Å². The van der Waals surface area contributed by atoms with Gasteiger partial charge in [-0.05, 0) is 145 Å². The van der Waals surface area contributed by atoms with Crippen LogP contribution in [-0.2, 0) is 25.5 Å². The van der Waals surface area contributed by atoms with Gasteiger partial charge in [0.25, 0.3) is 0 Å². The number of aliphatic hydroxyl groups is 2. The zero-order chi connectivity index (χ0) is 44.4. The maximum Gasteiger partial charge on any atom is 0.160 e. The Bertz CT molecular complexity index is 2120. The van der Waals surface area contributed by atoms with Crippen LogP contribution in [0.2, 0.25) is 0 Å². The van der Waals surface area contributed by atoms with Gasteiger partial charge in [0, 0.05) is 68.2 Å². The summed E-state index contributed by atoms with van der Waals surface area (Å²) < 4.78 is 11.7. The number of hydrogen-bond acceptors (Lipinski definition) is 8. The second-order valence-corrected chi connectivity index (χ2v) is 23.9. The van der Waals surface area contributed by atoms with E-state index in [1.54, 1.807) is 0 Å². The van der Waals surface area contributed by atoms with E-state index >= 15 is 0 Å². The predicted octanol–water partition coefficient (Wildman–Crippen LogP) is 9.97. The Kier molecular flexibility index (Phi) is 10.9. The lowest BCUT2D eigenvalue weighted by molar-refractivity contribution is -0.219. The topological polar surface area (TPSA) is 112 Å². The number of nitrogens with zero attached hydrogens (tertiary/aromatic N) is 2. The van der Waals surface area contributed by atoms with Gasteiger partial charge in [0.2, 0.25) is 0 Å². The van der Waals surface area contributed by atoms with E-state index in [9.17, 15) is 19.8 Å². The van der Waals surface area contributed by atoms with Crippen LogP contribution in [-0.4, -0.2) is 82.1 Å². The van der Waals surface area contributed by atoms with Crippen LogP contribution in [0.4, 0.5) is 0 Å². The smallest absolute Gasteiger partial charge is 0.160 e. The lowest BCUT2D eigenvalue weighted by atomic mass is 9.34. The number of Topliss-reactive ketones (excluding diaryl/α,β-unsaturated/α-hetero) is 2. The first-order chi connectivity index (χ1) is 29.9. The summed E-state index contributed by atoms with van der Waals surface area (Å²) in [5.74, 6) is 1.24. The maximum absolute atomic E-state index is 14.9. The third-order valence-corrected chi connectivity index (χ3v) is 19.6. The van der Waals surface area contributed by atoms with E-state index in [0.717, 1.165) is 68.6 Å². The second-order valence-electron chi connectivity index (χ2n) is 23.9. The average Bonchev–Trinajstić information content (AvgIpc) is 3.53.